The summed E-state index contributed by atoms with van der Waals surface area (Å²) in [4.78, 5) is 18.5. The summed E-state index contributed by atoms with van der Waals surface area (Å²) in [5.74, 6) is 0.732. The molecule has 0 unspecified atom stereocenters. The molecule has 2 aromatic carbocycles. The van der Waals surface area contributed by atoms with E-state index in [0.29, 0.717) is 29.8 Å². The van der Waals surface area contributed by atoms with E-state index < -0.39 is 16.1 Å². The van der Waals surface area contributed by atoms with Gasteiger partial charge in [-0.05, 0) is 101 Å². The second-order valence-corrected chi connectivity index (χ2v) is 15.4. The lowest BCUT2D eigenvalue weighted by atomic mass is 9.89. The smallest absolute Gasteiger partial charge is 0.261 e. The minimum atomic E-state index is -3.94. The zero-order chi connectivity index (χ0) is 33.3. The van der Waals surface area contributed by atoms with Crippen LogP contribution in [0.1, 0.15) is 82.5 Å². The van der Waals surface area contributed by atoms with Crippen LogP contribution in [-0.2, 0) is 14.8 Å². The number of likely N-dealkylation sites (N-methyl/N-ethyl adjacent to an activating group) is 1. The van der Waals surface area contributed by atoms with Crippen LogP contribution in [0.2, 0.25) is 5.02 Å². The Hall–Kier alpha value is -2.37. The molecule has 2 N–H and O–H groups in total. The Labute approximate surface area is 280 Å². The van der Waals surface area contributed by atoms with Crippen molar-refractivity contribution in [1.29, 1.82) is 0 Å². The Morgan fingerprint density at radius 2 is 1.72 bits per heavy atom. The molecule has 9 nitrogen and oxygen atoms in total. The second-order valence-electron chi connectivity index (χ2n) is 13.3. The largest absolute Gasteiger partial charge is 0.490 e. The van der Waals surface area contributed by atoms with Gasteiger partial charge in [0.1, 0.15) is 5.75 Å². The van der Waals surface area contributed by atoms with Crippen LogP contribution in [0, 0.1) is 11.8 Å². The predicted octanol–water partition coefficient (Wildman–Crippen LogP) is 6.45. The first kappa shape index (κ1) is 36.5. The second kappa shape index (κ2) is 17.2. The Morgan fingerprint density at radius 3 is 2.41 bits per heavy atom. The Kier molecular flexibility index (Phi) is 13.6. The molecule has 0 saturated heterocycles. The van der Waals surface area contributed by atoms with Gasteiger partial charge in [0.25, 0.3) is 15.9 Å². The Bertz CT molecular complexity index is 1370. The summed E-state index contributed by atoms with van der Waals surface area (Å²) in [5.41, 5.74) is 0.467. The molecule has 1 heterocycles. The number of rotatable bonds is 9. The molecule has 4 atom stereocenters. The summed E-state index contributed by atoms with van der Waals surface area (Å²) < 4.78 is 41.7. The highest BCUT2D eigenvalue weighted by molar-refractivity contribution is 7.92. The topological polar surface area (TPSA) is 108 Å². The molecule has 2 aromatic rings. The predicted molar refractivity (Wildman–Crippen MR) is 183 cm³/mol. The first-order valence-corrected chi connectivity index (χ1v) is 18.6. The highest BCUT2D eigenvalue weighted by Gasteiger charge is 2.31. The molecule has 0 radical (unpaired) electrons. The Morgan fingerprint density at radius 1 is 1.02 bits per heavy atom. The van der Waals surface area contributed by atoms with Crippen molar-refractivity contribution in [3.63, 3.8) is 0 Å². The minimum absolute atomic E-state index is 0.0235. The highest BCUT2D eigenvalue weighted by Crippen LogP contribution is 2.30. The van der Waals surface area contributed by atoms with Crippen molar-refractivity contribution < 1.29 is 27.8 Å². The fourth-order valence-corrected chi connectivity index (χ4v) is 7.64. The van der Waals surface area contributed by atoms with Gasteiger partial charge in [-0.25, -0.2) is 8.42 Å². The van der Waals surface area contributed by atoms with Gasteiger partial charge in [-0.15, -0.1) is 0 Å². The molecule has 46 heavy (non-hydrogen) atoms. The number of halogens is 1. The van der Waals surface area contributed by atoms with Crippen LogP contribution in [-0.4, -0.2) is 87.4 Å². The van der Waals surface area contributed by atoms with Crippen LogP contribution in [0.25, 0.3) is 0 Å². The molecular formula is C35H52ClN3O6S. The van der Waals surface area contributed by atoms with Gasteiger partial charge in [0.2, 0.25) is 0 Å². The third-order valence-corrected chi connectivity index (χ3v) is 10.9. The maximum absolute atomic E-state index is 14.4. The first-order chi connectivity index (χ1) is 22.0. The van der Waals surface area contributed by atoms with E-state index in [9.17, 15) is 18.3 Å². The molecular weight excluding hydrogens is 626 g/mol. The summed E-state index contributed by atoms with van der Waals surface area (Å²) in [6, 6.07) is 10.2. The summed E-state index contributed by atoms with van der Waals surface area (Å²) in [6.45, 7) is 8.46. The number of carbonyl (C=O) groups is 1. The average molecular weight is 678 g/mol. The zero-order valence-corrected chi connectivity index (χ0v) is 29.4. The van der Waals surface area contributed by atoms with Gasteiger partial charge >= 0.3 is 0 Å². The fraction of sp³-hybridized carbons (Fsp3) is 0.629. The lowest BCUT2D eigenvalue weighted by Crippen LogP contribution is -2.47. The molecule has 0 spiro atoms. The average Bonchev–Trinajstić information content (AvgIpc) is 3.03. The number of sulfonamides is 1. The molecule has 1 fully saturated rings. The molecule has 256 valence electrons. The van der Waals surface area contributed by atoms with Crippen molar-refractivity contribution in [3.8, 4) is 5.75 Å². The maximum atomic E-state index is 14.4. The highest BCUT2D eigenvalue weighted by atomic mass is 35.5. The van der Waals surface area contributed by atoms with Crippen LogP contribution in [0.4, 0.5) is 5.69 Å². The normalized spacial score (nSPS) is 23.3. The van der Waals surface area contributed by atoms with Crippen molar-refractivity contribution in [2.75, 3.05) is 44.6 Å². The van der Waals surface area contributed by atoms with Crippen LogP contribution < -0.4 is 9.46 Å². The maximum Gasteiger partial charge on any atom is 0.261 e. The van der Waals surface area contributed by atoms with Gasteiger partial charge < -0.3 is 24.4 Å². The molecule has 0 bridgehead atoms. The zero-order valence-electron chi connectivity index (χ0n) is 27.8. The van der Waals surface area contributed by atoms with Crippen LogP contribution >= 0.6 is 11.6 Å². The number of aliphatic hydroxyl groups is 1. The molecule has 4 rings (SSSR count). The summed E-state index contributed by atoms with van der Waals surface area (Å²) in [6.07, 6.45) is 8.82. The summed E-state index contributed by atoms with van der Waals surface area (Å²) in [5, 5.41) is 10.7. The number of nitrogens with one attached hydrogen (secondary N) is 1. The lowest BCUT2D eigenvalue weighted by molar-refractivity contribution is -0.0190. The van der Waals surface area contributed by atoms with Crippen LogP contribution in [0.3, 0.4) is 0 Å². The van der Waals surface area contributed by atoms with E-state index in [1.54, 1.807) is 17.0 Å². The van der Waals surface area contributed by atoms with Gasteiger partial charge in [-0.2, -0.15) is 0 Å². The van der Waals surface area contributed by atoms with Gasteiger partial charge in [-0.1, -0.05) is 37.8 Å². The van der Waals surface area contributed by atoms with E-state index in [0.717, 1.165) is 32.4 Å². The first-order valence-electron chi connectivity index (χ1n) is 16.8. The number of hydrogen-bond donors (Lipinski definition) is 2. The number of amides is 1. The van der Waals surface area contributed by atoms with E-state index in [4.69, 9.17) is 21.1 Å². The quantitative estimate of drug-likeness (QED) is 0.314. The third-order valence-electron chi connectivity index (χ3n) is 9.21. The van der Waals surface area contributed by atoms with E-state index in [1.807, 2.05) is 13.8 Å². The number of carbonyl (C=O) groups excluding carboxylic acids is 1. The van der Waals surface area contributed by atoms with Crippen molar-refractivity contribution in [3.05, 3.63) is 53.1 Å². The Balaban J connectivity index is 1.62. The van der Waals surface area contributed by atoms with Crippen molar-refractivity contribution in [1.82, 2.24) is 9.80 Å². The monoisotopic (exact) mass is 677 g/mol. The number of ether oxygens (including phenoxy) is 2. The fourth-order valence-electron chi connectivity index (χ4n) is 6.47. The third kappa shape index (κ3) is 10.3. The molecule has 2 aliphatic rings. The van der Waals surface area contributed by atoms with Crippen molar-refractivity contribution >= 4 is 33.2 Å². The van der Waals surface area contributed by atoms with E-state index in [-0.39, 0.29) is 46.8 Å². The number of fused-ring (bicyclic) bond motifs is 1. The van der Waals surface area contributed by atoms with Gasteiger partial charge in [0.05, 0.1) is 35.3 Å². The van der Waals surface area contributed by atoms with Gasteiger partial charge in [0, 0.05) is 42.9 Å². The standard InChI is InChI=1S/C35H52ClN3O6S/c1-25-21-39(26(2)24-40)35(41)32-20-30(37-46(42,43)31-16-13-29(36)14-17-31)15-18-33(32)45-27(3)10-8-9-19-44-34(25)23-38(4)22-28-11-6-5-7-12-28/h13-18,20,25-28,34,37,40H,5-12,19,21-24H2,1-4H3/t25-,26-,27-,34+/m1/s1. The minimum Gasteiger partial charge on any atom is -0.490 e. The van der Waals surface area contributed by atoms with Gasteiger partial charge in [-0.3, -0.25) is 9.52 Å². The molecule has 1 amide bonds. The molecule has 11 heteroatoms. The SMILES string of the molecule is C[C@@H]1CCCCO[C@@H](CN(C)CC2CCCCC2)[C@H](C)CN([C@H](C)CO)C(=O)c2cc(NS(=O)(=O)c3ccc(Cl)cc3)ccc2O1. The number of nitrogens with zero attached hydrogens (tertiary/aromatic N) is 2. The number of anilines is 1. The summed E-state index contributed by atoms with van der Waals surface area (Å²) >= 11 is 5.96. The van der Waals surface area contributed by atoms with E-state index in [2.05, 4.69) is 23.6 Å². The number of hydrogen-bond acceptors (Lipinski definition) is 7. The van der Waals surface area contributed by atoms with Crippen LogP contribution in [0.15, 0.2) is 47.4 Å². The van der Waals surface area contributed by atoms with E-state index >= 15 is 0 Å². The van der Waals surface area contributed by atoms with Crippen LogP contribution in [0.5, 0.6) is 5.75 Å². The van der Waals surface area contributed by atoms with E-state index in [1.165, 1.54) is 62.4 Å². The van der Waals surface area contributed by atoms with Crippen molar-refractivity contribution in [2.24, 2.45) is 11.8 Å². The number of aliphatic hydroxyl groups excluding tert-OH is 1. The lowest BCUT2D eigenvalue weighted by Gasteiger charge is -2.36. The van der Waals surface area contributed by atoms with Crippen molar-refractivity contribution in [2.45, 2.75) is 95.3 Å². The molecule has 0 aromatic heterocycles. The number of benzene rings is 2. The molecule has 1 aliphatic heterocycles. The van der Waals surface area contributed by atoms with Gasteiger partial charge in [0.15, 0.2) is 0 Å². The summed E-state index contributed by atoms with van der Waals surface area (Å²) in [7, 11) is -1.78. The molecule has 1 aliphatic carbocycles. The molecule has 1 saturated carbocycles.